The number of para-hydroxylation sites is 1. The molecule has 0 spiro atoms. The highest BCUT2D eigenvalue weighted by Gasteiger charge is 2.30. The normalized spacial score (nSPS) is 13.9. The van der Waals surface area contributed by atoms with Crippen LogP contribution in [0, 0.1) is 11.6 Å². The third-order valence-corrected chi connectivity index (χ3v) is 6.05. The van der Waals surface area contributed by atoms with Gasteiger partial charge in [0.25, 0.3) is 17.4 Å². The van der Waals surface area contributed by atoms with Crippen LogP contribution < -0.4 is 5.56 Å². The molecule has 0 N–H and O–H groups in total. The average molecular weight is 477 g/mol. The molecule has 2 aromatic carbocycles. The van der Waals surface area contributed by atoms with E-state index in [0.29, 0.717) is 23.0 Å². The molecule has 178 valence electrons. The minimum absolute atomic E-state index is 0.189. The molecule has 0 atom stereocenters. The number of hydrogen-bond donors (Lipinski definition) is 0. The number of rotatable bonds is 3. The van der Waals surface area contributed by atoms with Crippen molar-refractivity contribution in [2.75, 3.05) is 26.2 Å². The lowest BCUT2D eigenvalue weighted by Crippen LogP contribution is -2.50. The van der Waals surface area contributed by atoms with Crippen molar-refractivity contribution in [3.63, 3.8) is 0 Å². The Bertz CT molecular complexity index is 1460. The number of hydrogen-bond acceptors (Lipinski definition) is 4. The number of pyridine rings is 1. The van der Waals surface area contributed by atoms with Crippen LogP contribution >= 0.6 is 0 Å². The van der Waals surface area contributed by atoms with Gasteiger partial charge in [-0.3, -0.25) is 14.4 Å². The summed E-state index contributed by atoms with van der Waals surface area (Å²) >= 11 is 0. The fourth-order valence-electron chi connectivity index (χ4n) is 4.25. The number of carbonyl (C=O) groups is 2. The summed E-state index contributed by atoms with van der Waals surface area (Å²) in [6.07, 6.45) is 3.26. The van der Waals surface area contributed by atoms with Crippen LogP contribution in [0.1, 0.15) is 20.7 Å². The largest absolute Gasteiger partial charge is 0.356 e. The maximum absolute atomic E-state index is 14.0. The Morgan fingerprint density at radius 2 is 1.49 bits per heavy atom. The molecular formula is C25H21F2N5O3. The number of piperazine rings is 1. The first-order chi connectivity index (χ1) is 16.8. The summed E-state index contributed by atoms with van der Waals surface area (Å²) in [7, 11) is 1.73. The van der Waals surface area contributed by atoms with Crippen LogP contribution in [0.5, 0.6) is 0 Å². The summed E-state index contributed by atoms with van der Waals surface area (Å²) < 4.78 is 30.1. The predicted octanol–water partition coefficient (Wildman–Crippen LogP) is 2.55. The van der Waals surface area contributed by atoms with Gasteiger partial charge in [-0.1, -0.05) is 18.2 Å². The van der Waals surface area contributed by atoms with Gasteiger partial charge in [-0.25, -0.2) is 8.78 Å². The van der Waals surface area contributed by atoms with E-state index in [-0.39, 0.29) is 48.8 Å². The summed E-state index contributed by atoms with van der Waals surface area (Å²) in [5.74, 6) is -2.55. The third-order valence-electron chi connectivity index (χ3n) is 6.05. The number of fused-ring (bicyclic) bond motifs is 1. The number of aromatic nitrogens is 3. The first-order valence-electron chi connectivity index (χ1n) is 11.0. The maximum atomic E-state index is 14.0. The molecule has 0 aromatic heterocycles. The number of benzene rings is 2. The molecule has 0 unspecified atom stereocenters. The van der Waals surface area contributed by atoms with Crippen LogP contribution in [0.4, 0.5) is 8.78 Å². The summed E-state index contributed by atoms with van der Waals surface area (Å²) in [6.45, 7) is 0.817. The minimum atomic E-state index is -0.921. The Morgan fingerprint density at radius 3 is 2.11 bits per heavy atom. The van der Waals surface area contributed by atoms with E-state index >= 15 is 0 Å². The van der Waals surface area contributed by atoms with Crippen LogP contribution in [0.3, 0.4) is 0 Å². The molecule has 0 bridgehead atoms. The van der Waals surface area contributed by atoms with Gasteiger partial charge >= 0.3 is 0 Å². The zero-order valence-corrected chi connectivity index (χ0v) is 18.8. The van der Waals surface area contributed by atoms with Crippen molar-refractivity contribution in [1.82, 2.24) is 24.1 Å². The van der Waals surface area contributed by atoms with Gasteiger partial charge in [0.05, 0.1) is 22.4 Å². The second-order valence-corrected chi connectivity index (χ2v) is 8.36. The summed E-state index contributed by atoms with van der Waals surface area (Å²) in [5, 5.41) is 4.45. The molecule has 2 amide bonds. The minimum Gasteiger partial charge on any atom is -0.356 e. The van der Waals surface area contributed by atoms with Crippen molar-refractivity contribution < 1.29 is 18.4 Å². The van der Waals surface area contributed by atoms with E-state index in [1.54, 1.807) is 53.2 Å². The molecule has 5 rings (SSSR count). The van der Waals surface area contributed by atoms with Gasteiger partial charge in [0.2, 0.25) is 0 Å². The number of halogens is 2. The molecular weight excluding hydrogens is 456 g/mol. The lowest BCUT2D eigenvalue weighted by molar-refractivity contribution is 0.0532. The van der Waals surface area contributed by atoms with E-state index in [4.69, 9.17) is 0 Å². The number of carbonyl (C=O) groups excluding carboxylic acids is 2. The predicted molar refractivity (Wildman–Crippen MR) is 124 cm³/mol. The highest BCUT2D eigenvalue weighted by atomic mass is 19.1. The van der Waals surface area contributed by atoms with Crippen molar-refractivity contribution >= 4 is 11.8 Å². The van der Waals surface area contributed by atoms with Crippen molar-refractivity contribution in [2.24, 2.45) is 7.05 Å². The van der Waals surface area contributed by atoms with Gasteiger partial charge in [-0.05, 0) is 24.3 Å². The Balaban J connectivity index is 1.38. The molecule has 3 aliphatic heterocycles. The van der Waals surface area contributed by atoms with E-state index in [9.17, 15) is 23.2 Å². The van der Waals surface area contributed by atoms with Crippen LogP contribution in [-0.2, 0) is 7.05 Å². The number of nitrogens with zero attached hydrogens (tertiary/aromatic N) is 5. The van der Waals surface area contributed by atoms with Crippen molar-refractivity contribution in [3.05, 3.63) is 94.0 Å². The van der Waals surface area contributed by atoms with E-state index in [0.717, 1.165) is 12.1 Å². The lowest BCUT2D eigenvalue weighted by atomic mass is 10.1. The summed E-state index contributed by atoms with van der Waals surface area (Å²) in [5.41, 5.74) is 0.957. The van der Waals surface area contributed by atoms with Crippen molar-refractivity contribution in [1.29, 1.82) is 0 Å². The fourth-order valence-corrected chi connectivity index (χ4v) is 4.25. The number of aryl methyl sites for hydroxylation is 1. The Labute approximate surface area is 199 Å². The van der Waals surface area contributed by atoms with Crippen molar-refractivity contribution in [2.45, 2.75) is 0 Å². The Kier molecular flexibility index (Phi) is 5.64. The van der Waals surface area contributed by atoms with E-state index in [1.165, 1.54) is 9.58 Å². The summed E-state index contributed by atoms with van der Waals surface area (Å²) in [6, 6.07) is 11.8. The maximum Gasteiger partial charge on any atom is 0.282 e. The summed E-state index contributed by atoms with van der Waals surface area (Å²) in [4.78, 5) is 42.1. The lowest BCUT2D eigenvalue weighted by Gasteiger charge is -2.35. The first kappa shape index (κ1) is 22.5. The van der Waals surface area contributed by atoms with E-state index < -0.39 is 17.5 Å². The monoisotopic (exact) mass is 477 g/mol. The highest BCUT2D eigenvalue weighted by Crippen LogP contribution is 2.24. The van der Waals surface area contributed by atoms with E-state index in [1.807, 2.05) is 6.07 Å². The molecule has 8 nitrogen and oxygen atoms in total. The molecule has 3 heterocycles. The molecule has 10 heteroatoms. The molecule has 0 saturated carbocycles. The van der Waals surface area contributed by atoms with Crippen LogP contribution in [0.25, 0.3) is 16.9 Å². The van der Waals surface area contributed by atoms with Gasteiger partial charge in [0.1, 0.15) is 17.3 Å². The van der Waals surface area contributed by atoms with Gasteiger partial charge < -0.3 is 14.4 Å². The van der Waals surface area contributed by atoms with Crippen molar-refractivity contribution in [3.8, 4) is 16.9 Å². The SMILES string of the molecule is Cn1cc(C(=O)N2CCN(C(=O)c3ccc(F)cc3F)CC2)c2nn(-c3ccccc3)c(=O)c-2c1. The zero-order valence-electron chi connectivity index (χ0n) is 18.8. The fraction of sp³-hybridized carbons (Fsp3) is 0.200. The molecule has 1 fully saturated rings. The second-order valence-electron chi connectivity index (χ2n) is 8.36. The Morgan fingerprint density at radius 1 is 0.857 bits per heavy atom. The van der Waals surface area contributed by atoms with Crippen LogP contribution in [0.2, 0.25) is 0 Å². The second kappa shape index (κ2) is 8.79. The molecule has 2 aromatic rings. The van der Waals surface area contributed by atoms with Gasteiger partial charge in [-0.15, -0.1) is 0 Å². The van der Waals surface area contributed by atoms with Gasteiger partial charge in [0.15, 0.2) is 0 Å². The quantitative estimate of drug-likeness (QED) is 0.454. The van der Waals surface area contributed by atoms with Crippen LogP contribution in [0.15, 0.2) is 65.7 Å². The van der Waals surface area contributed by atoms with Gasteiger partial charge in [0, 0.05) is 51.7 Å². The highest BCUT2D eigenvalue weighted by molar-refractivity contribution is 6.00. The molecule has 35 heavy (non-hydrogen) atoms. The smallest absolute Gasteiger partial charge is 0.282 e. The Hall–Kier alpha value is -4.34. The molecule has 3 aliphatic rings. The molecule has 0 radical (unpaired) electrons. The number of amides is 2. The van der Waals surface area contributed by atoms with Gasteiger partial charge in [-0.2, -0.15) is 9.78 Å². The topological polar surface area (TPSA) is 80.4 Å². The molecule has 1 saturated heterocycles. The zero-order chi connectivity index (χ0) is 24.7. The van der Waals surface area contributed by atoms with E-state index in [2.05, 4.69) is 5.10 Å². The van der Waals surface area contributed by atoms with Crippen LogP contribution in [-0.4, -0.2) is 62.1 Å². The molecule has 0 aliphatic carbocycles. The first-order valence-corrected chi connectivity index (χ1v) is 11.0. The third kappa shape index (κ3) is 4.07. The standard InChI is InChI=1S/C25H21F2N5O3/c1-29-14-19(22-20(15-29)25(35)32(28-22)17-5-3-2-4-6-17)24(34)31-11-9-30(10-12-31)23(33)18-8-7-16(26)13-21(18)27/h2-8,13-15H,9-12H2,1H3. The average Bonchev–Trinajstić information content (AvgIpc) is 3.19.